The first-order valence-corrected chi connectivity index (χ1v) is 9.53. The van der Waals surface area contributed by atoms with Crippen molar-refractivity contribution in [1.29, 1.82) is 0 Å². The average Bonchev–Trinajstić information content (AvgIpc) is 3.07. The van der Waals surface area contributed by atoms with Crippen molar-refractivity contribution in [1.82, 2.24) is 19.9 Å². The second-order valence-electron chi connectivity index (χ2n) is 7.02. The highest BCUT2D eigenvalue weighted by molar-refractivity contribution is 5.88. The molecular weight excluding hydrogens is 372 g/mol. The minimum atomic E-state index is -0.465. The summed E-state index contributed by atoms with van der Waals surface area (Å²) in [4.78, 5) is 42.0. The van der Waals surface area contributed by atoms with Gasteiger partial charge in [-0.1, -0.05) is 25.1 Å². The van der Waals surface area contributed by atoms with Crippen molar-refractivity contribution in [2.24, 2.45) is 0 Å². The lowest BCUT2D eigenvalue weighted by Crippen LogP contribution is -2.35. The summed E-state index contributed by atoms with van der Waals surface area (Å²) in [5.41, 5.74) is 1.17. The molecule has 2 atom stereocenters. The van der Waals surface area contributed by atoms with Crippen LogP contribution in [0.4, 0.5) is 16.7 Å². The quantitative estimate of drug-likeness (QED) is 0.684. The number of nitrogens with one attached hydrogen (secondary N) is 2. The number of ether oxygens (including phenoxy) is 1. The van der Waals surface area contributed by atoms with E-state index in [1.807, 2.05) is 44.2 Å². The van der Waals surface area contributed by atoms with E-state index in [0.29, 0.717) is 23.9 Å². The van der Waals surface area contributed by atoms with Gasteiger partial charge in [0.1, 0.15) is 12.4 Å². The number of carbonyl (C=O) groups is 1. The van der Waals surface area contributed by atoms with Crippen molar-refractivity contribution in [2.75, 3.05) is 16.8 Å². The molecule has 1 amide bonds. The van der Waals surface area contributed by atoms with Gasteiger partial charge >= 0.3 is 6.09 Å². The van der Waals surface area contributed by atoms with E-state index in [-0.39, 0.29) is 23.6 Å². The minimum absolute atomic E-state index is 0.113. The molecule has 1 aliphatic heterocycles. The summed E-state index contributed by atoms with van der Waals surface area (Å²) >= 11 is 0. The number of amides is 1. The number of cyclic esters (lactones) is 1. The number of benzene rings is 1. The summed E-state index contributed by atoms with van der Waals surface area (Å²) in [7, 11) is 0. The number of para-hydroxylation sites is 1. The average molecular weight is 394 g/mol. The lowest BCUT2D eigenvalue weighted by Gasteiger charge is -2.20. The maximum Gasteiger partial charge on any atom is 0.417 e. The molecule has 150 valence electrons. The van der Waals surface area contributed by atoms with E-state index in [4.69, 9.17) is 4.74 Å². The zero-order chi connectivity index (χ0) is 20.5. The molecule has 4 rings (SSSR count). The third kappa shape index (κ3) is 3.63. The summed E-state index contributed by atoms with van der Waals surface area (Å²) in [6.07, 6.45) is 0.259. The number of nitrogens with zero attached hydrogens (tertiary/aromatic N) is 4. The van der Waals surface area contributed by atoms with E-state index < -0.39 is 6.09 Å². The van der Waals surface area contributed by atoms with E-state index in [2.05, 4.69) is 25.3 Å². The fourth-order valence-corrected chi connectivity index (χ4v) is 3.40. The van der Waals surface area contributed by atoms with Gasteiger partial charge in [-0.15, -0.1) is 0 Å². The van der Waals surface area contributed by atoms with Crippen LogP contribution in [0.2, 0.25) is 0 Å². The molecule has 9 nitrogen and oxygen atoms in total. The van der Waals surface area contributed by atoms with Crippen molar-refractivity contribution in [2.45, 2.75) is 39.3 Å². The fraction of sp³-hybridized carbons (Fsp3) is 0.350. The Morgan fingerprint density at radius 1 is 1.28 bits per heavy atom. The third-order valence-corrected chi connectivity index (χ3v) is 4.98. The molecule has 1 aliphatic rings. The number of aryl methyl sites for hydroxylation is 1. The lowest BCUT2D eigenvalue weighted by atomic mass is 10.1. The third-order valence-electron chi connectivity index (χ3n) is 4.98. The van der Waals surface area contributed by atoms with Gasteiger partial charge in [-0.25, -0.2) is 9.69 Å². The molecule has 1 fully saturated rings. The highest BCUT2D eigenvalue weighted by Crippen LogP contribution is 2.23. The van der Waals surface area contributed by atoms with Gasteiger partial charge in [-0.3, -0.25) is 4.79 Å². The van der Waals surface area contributed by atoms with Crippen molar-refractivity contribution < 1.29 is 9.53 Å². The number of H-pyrrole nitrogens is 1. The number of pyridine rings is 1. The fourth-order valence-electron chi connectivity index (χ4n) is 3.40. The predicted molar refractivity (Wildman–Crippen MR) is 109 cm³/mol. The van der Waals surface area contributed by atoms with Crippen molar-refractivity contribution in [3.63, 3.8) is 0 Å². The lowest BCUT2D eigenvalue weighted by molar-refractivity contribution is 0.178. The molecule has 1 aromatic carbocycles. The number of fused-ring (bicyclic) bond motifs is 1. The molecule has 0 radical (unpaired) electrons. The number of rotatable bonds is 5. The summed E-state index contributed by atoms with van der Waals surface area (Å²) in [6, 6.07) is 8.98. The first kappa shape index (κ1) is 18.9. The minimum Gasteiger partial charge on any atom is -0.447 e. The molecule has 3 heterocycles. The number of hydrogen-bond acceptors (Lipinski definition) is 7. The first-order chi connectivity index (χ1) is 14.0. The highest BCUT2D eigenvalue weighted by Gasteiger charge is 2.35. The van der Waals surface area contributed by atoms with Crippen LogP contribution in [-0.2, 0) is 4.74 Å². The van der Waals surface area contributed by atoms with Crippen LogP contribution < -0.4 is 15.8 Å². The summed E-state index contributed by atoms with van der Waals surface area (Å²) in [5, 5.41) is 4.09. The Morgan fingerprint density at radius 3 is 2.86 bits per heavy atom. The molecule has 2 aromatic heterocycles. The summed E-state index contributed by atoms with van der Waals surface area (Å²) in [5.74, 6) is 1.00. The number of aromatic nitrogens is 4. The van der Waals surface area contributed by atoms with Crippen LogP contribution in [0.3, 0.4) is 0 Å². The zero-order valence-corrected chi connectivity index (χ0v) is 16.5. The first-order valence-electron chi connectivity index (χ1n) is 9.53. The van der Waals surface area contributed by atoms with Crippen LogP contribution >= 0.6 is 0 Å². The molecule has 0 spiro atoms. The number of aromatic amines is 1. The normalized spacial score (nSPS) is 17.4. The molecular formula is C20H22N6O3. The number of anilines is 2. The van der Waals surface area contributed by atoms with Gasteiger partial charge in [0.05, 0.1) is 12.1 Å². The van der Waals surface area contributed by atoms with Crippen molar-refractivity contribution in [3.05, 3.63) is 52.1 Å². The topological polar surface area (TPSA) is 113 Å². The van der Waals surface area contributed by atoms with E-state index in [1.165, 1.54) is 4.90 Å². The van der Waals surface area contributed by atoms with Gasteiger partial charge < -0.3 is 15.0 Å². The number of carbonyl (C=O) groups excluding carboxylic acids is 1. The Hall–Kier alpha value is -3.49. The Morgan fingerprint density at radius 2 is 2.07 bits per heavy atom. The van der Waals surface area contributed by atoms with Crippen molar-refractivity contribution in [3.8, 4) is 0 Å². The van der Waals surface area contributed by atoms with Crippen LogP contribution in [0.15, 0.2) is 35.1 Å². The molecule has 9 heteroatoms. The van der Waals surface area contributed by atoms with Gasteiger partial charge in [0.2, 0.25) is 11.9 Å². The van der Waals surface area contributed by atoms with E-state index in [0.717, 1.165) is 17.3 Å². The summed E-state index contributed by atoms with van der Waals surface area (Å²) in [6.45, 7) is 5.87. The SMILES string of the molecule is CCC1COC(=O)N1c1nc(C)nc(N[C@H](C)c2cc3ccccc3[nH]c2=O)n1. The monoisotopic (exact) mass is 394 g/mol. The Kier molecular flexibility index (Phi) is 4.87. The second-order valence-corrected chi connectivity index (χ2v) is 7.02. The Labute approximate surface area is 167 Å². The molecule has 3 aromatic rings. The van der Waals surface area contributed by atoms with Crippen LogP contribution in [-0.4, -0.2) is 38.7 Å². The van der Waals surface area contributed by atoms with Gasteiger partial charge in [-0.05, 0) is 37.8 Å². The Bertz CT molecular complexity index is 1130. The largest absolute Gasteiger partial charge is 0.447 e. The molecule has 29 heavy (non-hydrogen) atoms. The standard InChI is InChI=1S/C20H22N6O3/c1-4-14-10-29-20(28)26(14)19-23-12(3)22-18(25-19)21-11(2)15-9-13-7-5-6-8-16(13)24-17(15)27/h5-9,11,14H,4,10H2,1-3H3,(H,24,27)(H,21,22,23,25)/t11-,14?/m1/s1. The van der Waals surface area contributed by atoms with E-state index in [1.54, 1.807) is 6.92 Å². The molecule has 0 aliphatic carbocycles. The molecule has 0 bridgehead atoms. The molecule has 1 saturated heterocycles. The van der Waals surface area contributed by atoms with Crippen molar-refractivity contribution >= 4 is 28.9 Å². The predicted octanol–water partition coefficient (Wildman–Crippen LogP) is 2.93. The van der Waals surface area contributed by atoms with Gasteiger partial charge in [-0.2, -0.15) is 15.0 Å². The molecule has 2 N–H and O–H groups in total. The molecule has 1 unspecified atom stereocenters. The zero-order valence-electron chi connectivity index (χ0n) is 16.5. The summed E-state index contributed by atoms with van der Waals surface area (Å²) < 4.78 is 5.13. The van der Waals surface area contributed by atoms with Crippen LogP contribution in [0, 0.1) is 6.92 Å². The number of hydrogen-bond donors (Lipinski definition) is 2. The van der Waals surface area contributed by atoms with Crippen LogP contribution in [0.5, 0.6) is 0 Å². The smallest absolute Gasteiger partial charge is 0.417 e. The van der Waals surface area contributed by atoms with Gasteiger partial charge in [0, 0.05) is 11.1 Å². The second kappa shape index (κ2) is 7.50. The van der Waals surface area contributed by atoms with E-state index >= 15 is 0 Å². The highest BCUT2D eigenvalue weighted by atomic mass is 16.6. The molecule has 0 saturated carbocycles. The maximum atomic E-state index is 12.5. The van der Waals surface area contributed by atoms with Crippen LogP contribution in [0.1, 0.15) is 37.7 Å². The van der Waals surface area contributed by atoms with E-state index in [9.17, 15) is 9.59 Å². The van der Waals surface area contributed by atoms with Gasteiger partial charge in [0.25, 0.3) is 5.56 Å². The van der Waals surface area contributed by atoms with Gasteiger partial charge in [0.15, 0.2) is 0 Å². The maximum absolute atomic E-state index is 12.5. The Balaban J connectivity index is 1.64. The van der Waals surface area contributed by atoms with Crippen LogP contribution in [0.25, 0.3) is 10.9 Å².